The number of ether oxygens (including phenoxy) is 1. The van der Waals surface area contributed by atoms with Gasteiger partial charge in [-0.1, -0.05) is 24.3 Å². The third-order valence-electron chi connectivity index (χ3n) is 3.77. The van der Waals surface area contributed by atoms with Gasteiger partial charge in [0, 0.05) is 16.8 Å². The molecule has 0 amide bonds. The minimum Gasteiger partial charge on any atom is -0.505 e. The predicted molar refractivity (Wildman–Crippen MR) is 96.7 cm³/mol. The molecule has 1 heterocycles. The van der Waals surface area contributed by atoms with Crippen LogP contribution in [-0.2, 0) is 10.0 Å². The zero-order valence-electron chi connectivity index (χ0n) is 14.0. The Labute approximate surface area is 150 Å². The molecule has 9 heteroatoms. The maximum atomic E-state index is 11.4. The van der Waals surface area contributed by atoms with Crippen molar-refractivity contribution >= 4 is 32.3 Å². The van der Waals surface area contributed by atoms with Crippen molar-refractivity contribution in [3.63, 3.8) is 0 Å². The number of methoxy groups -OCH3 is 1. The highest BCUT2D eigenvalue weighted by atomic mass is 32.2. The molecule has 3 N–H and O–H groups in total. The molecule has 0 fully saturated rings. The van der Waals surface area contributed by atoms with Crippen molar-refractivity contribution in [1.29, 1.82) is 0 Å². The van der Waals surface area contributed by atoms with Crippen molar-refractivity contribution in [3.05, 3.63) is 48.2 Å². The highest BCUT2D eigenvalue weighted by Gasteiger charge is 2.13. The van der Waals surface area contributed by atoms with Gasteiger partial charge in [-0.2, -0.15) is 0 Å². The first-order valence-electron chi connectivity index (χ1n) is 7.52. The van der Waals surface area contributed by atoms with Crippen LogP contribution in [0.3, 0.4) is 0 Å². The zero-order valence-corrected chi connectivity index (χ0v) is 14.9. The van der Waals surface area contributed by atoms with Gasteiger partial charge in [0.2, 0.25) is 10.0 Å². The Morgan fingerprint density at radius 1 is 1.12 bits per heavy atom. The Morgan fingerprint density at radius 3 is 2.46 bits per heavy atom. The SMILES string of the molecule is COc1cc(S(N)(=O)=O)ccc1N=Nc1nc(C)c(O)c2ccccc12. The normalized spacial score (nSPS) is 12.0. The molecule has 3 rings (SSSR count). The zero-order chi connectivity index (χ0) is 18.9. The number of aromatic nitrogens is 1. The van der Waals surface area contributed by atoms with E-state index in [0.717, 1.165) is 0 Å². The fourth-order valence-electron chi connectivity index (χ4n) is 2.45. The molecule has 0 aliphatic heterocycles. The summed E-state index contributed by atoms with van der Waals surface area (Å²) in [7, 11) is -2.46. The van der Waals surface area contributed by atoms with Crippen LogP contribution in [0.15, 0.2) is 57.6 Å². The Bertz CT molecular complexity index is 1130. The van der Waals surface area contributed by atoms with E-state index in [4.69, 9.17) is 9.88 Å². The molecule has 3 aromatic rings. The van der Waals surface area contributed by atoms with Gasteiger partial charge in [-0.3, -0.25) is 0 Å². The number of hydrogen-bond donors (Lipinski definition) is 2. The topological polar surface area (TPSA) is 127 Å². The molecule has 0 aliphatic rings. The van der Waals surface area contributed by atoms with Crippen LogP contribution in [0.5, 0.6) is 11.5 Å². The second kappa shape index (κ2) is 6.70. The van der Waals surface area contributed by atoms with Crippen LogP contribution in [0.4, 0.5) is 11.5 Å². The van der Waals surface area contributed by atoms with E-state index in [2.05, 4.69) is 15.2 Å². The van der Waals surface area contributed by atoms with Gasteiger partial charge in [0.1, 0.15) is 17.2 Å². The fraction of sp³-hybridized carbons (Fsp3) is 0.118. The average molecular weight is 372 g/mol. The van der Waals surface area contributed by atoms with E-state index >= 15 is 0 Å². The van der Waals surface area contributed by atoms with Gasteiger partial charge in [0.05, 0.1) is 17.7 Å². The standard InChI is InChI=1S/C17H16N4O4S/c1-10-16(22)12-5-3-4-6-13(12)17(19-10)21-20-14-8-7-11(26(18,23)24)9-15(14)25-2/h3-9,22H,1-2H3,(H2,18,23,24). The van der Waals surface area contributed by atoms with Crippen molar-refractivity contribution in [2.24, 2.45) is 15.4 Å². The molecule has 0 atom stereocenters. The van der Waals surface area contributed by atoms with Crippen LogP contribution in [0, 0.1) is 6.92 Å². The van der Waals surface area contributed by atoms with Gasteiger partial charge >= 0.3 is 0 Å². The van der Waals surface area contributed by atoms with Gasteiger partial charge in [0.15, 0.2) is 5.82 Å². The van der Waals surface area contributed by atoms with Crippen LogP contribution in [-0.4, -0.2) is 25.6 Å². The molecule has 0 saturated heterocycles. The van der Waals surface area contributed by atoms with Crippen molar-refractivity contribution in [2.45, 2.75) is 11.8 Å². The van der Waals surface area contributed by atoms with Gasteiger partial charge in [-0.05, 0) is 19.1 Å². The molecule has 8 nitrogen and oxygen atoms in total. The number of nitrogens with two attached hydrogens (primary N) is 1. The van der Waals surface area contributed by atoms with Crippen LogP contribution < -0.4 is 9.88 Å². The van der Waals surface area contributed by atoms with Crippen LogP contribution in [0.1, 0.15) is 5.69 Å². The van der Waals surface area contributed by atoms with Crippen molar-refractivity contribution in [3.8, 4) is 11.5 Å². The number of rotatable bonds is 4. The molecule has 26 heavy (non-hydrogen) atoms. The van der Waals surface area contributed by atoms with Crippen LogP contribution in [0.25, 0.3) is 10.8 Å². The number of nitrogens with zero attached hydrogens (tertiary/aromatic N) is 3. The first-order chi connectivity index (χ1) is 12.3. The minimum atomic E-state index is -3.85. The molecule has 1 aromatic heterocycles. The van der Waals surface area contributed by atoms with Gasteiger partial charge < -0.3 is 9.84 Å². The summed E-state index contributed by atoms with van der Waals surface area (Å²) in [5, 5.41) is 24.8. The first-order valence-corrected chi connectivity index (χ1v) is 9.07. The number of hydrogen-bond acceptors (Lipinski definition) is 7. The maximum absolute atomic E-state index is 11.4. The second-order valence-electron chi connectivity index (χ2n) is 5.49. The lowest BCUT2D eigenvalue weighted by Crippen LogP contribution is -2.11. The summed E-state index contributed by atoms with van der Waals surface area (Å²) in [5.74, 6) is 0.628. The lowest BCUT2D eigenvalue weighted by atomic mass is 10.1. The van der Waals surface area contributed by atoms with E-state index < -0.39 is 10.0 Å². The van der Waals surface area contributed by atoms with E-state index in [0.29, 0.717) is 28.0 Å². The fourth-order valence-corrected chi connectivity index (χ4v) is 2.98. The number of aryl methyl sites for hydroxylation is 1. The quantitative estimate of drug-likeness (QED) is 0.679. The first kappa shape index (κ1) is 17.8. The molecule has 2 aromatic carbocycles. The predicted octanol–water partition coefficient (Wildman–Crippen LogP) is 3.32. The third-order valence-corrected chi connectivity index (χ3v) is 4.68. The second-order valence-corrected chi connectivity index (χ2v) is 7.06. The maximum Gasteiger partial charge on any atom is 0.238 e. The summed E-state index contributed by atoms with van der Waals surface area (Å²) < 4.78 is 28.0. The van der Waals surface area contributed by atoms with E-state index in [-0.39, 0.29) is 16.4 Å². The molecule has 0 bridgehead atoms. The van der Waals surface area contributed by atoms with Crippen molar-refractivity contribution in [2.75, 3.05) is 7.11 Å². The molecule has 0 radical (unpaired) electrons. The van der Waals surface area contributed by atoms with E-state index in [9.17, 15) is 13.5 Å². The largest absolute Gasteiger partial charge is 0.505 e. The van der Waals surface area contributed by atoms with E-state index in [1.54, 1.807) is 31.2 Å². The summed E-state index contributed by atoms with van der Waals surface area (Å²) in [6, 6.07) is 11.2. The summed E-state index contributed by atoms with van der Waals surface area (Å²) in [6.45, 7) is 1.67. The van der Waals surface area contributed by atoms with Crippen molar-refractivity contribution in [1.82, 2.24) is 4.98 Å². The average Bonchev–Trinajstić information content (AvgIpc) is 2.62. The lowest BCUT2D eigenvalue weighted by molar-refractivity contribution is 0.414. The molecule has 0 saturated carbocycles. The highest BCUT2D eigenvalue weighted by molar-refractivity contribution is 7.89. The number of pyridine rings is 1. The number of azo groups is 1. The third kappa shape index (κ3) is 3.35. The van der Waals surface area contributed by atoms with Crippen molar-refractivity contribution < 1.29 is 18.3 Å². The summed E-state index contributed by atoms with van der Waals surface area (Å²) in [5.41, 5.74) is 0.741. The summed E-state index contributed by atoms with van der Waals surface area (Å²) in [6.07, 6.45) is 0. The summed E-state index contributed by atoms with van der Waals surface area (Å²) in [4.78, 5) is 4.18. The van der Waals surface area contributed by atoms with Crippen LogP contribution in [0.2, 0.25) is 0 Å². The monoisotopic (exact) mass is 372 g/mol. The molecular weight excluding hydrogens is 356 g/mol. The van der Waals surface area contributed by atoms with E-state index in [1.165, 1.54) is 25.3 Å². The number of fused-ring (bicyclic) bond motifs is 1. The Kier molecular flexibility index (Phi) is 4.58. The molecule has 134 valence electrons. The molecule has 0 aliphatic carbocycles. The van der Waals surface area contributed by atoms with E-state index in [1.807, 2.05) is 0 Å². The van der Waals surface area contributed by atoms with Gasteiger partial charge in [-0.25, -0.2) is 18.5 Å². The summed E-state index contributed by atoms with van der Waals surface area (Å²) >= 11 is 0. The Morgan fingerprint density at radius 2 is 1.81 bits per heavy atom. The Balaban J connectivity index is 2.09. The Hall–Kier alpha value is -3.04. The number of primary sulfonamides is 1. The number of aromatic hydroxyl groups is 1. The van der Waals surface area contributed by atoms with Crippen LogP contribution >= 0.6 is 0 Å². The minimum absolute atomic E-state index is 0.0858. The molecule has 0 unspecified atom stereocenters. The smallest absolute Gasteiger partial charge is 0.238 e. The number of benzene rings is 2. The van der Waals surface area contributed by atoms with Gasteiger partial charge in [0.25, 0.3) is 0 Å². The lowest BCUT2D eigenvalue weighted by Gasteiger charge is -2.07. The van der Waals surface area contributed by atoms with Gasteiger partial charge in [-0.15, -0.1) is 10.2 Å². The number of sulfonamides is 1. The molecule has 0 spiro atoms. The highest BCUT2D eigenvalue weighted by Crippen LogP contribution is 2.35. The molecular formula is C17H16N4O4S.